The standard InChI is InChI=1S/C16H23N3O2S/c1-16(2,3)15-18-14(21-19-15)8-4-7-13(20)17-10-9-12-6-5-11-22-12/h5-6,11H,4,7-10H2,1-3H3,(H,17,20). The number of aromatic nitrogens is 2. The second kappa shape index (κ2) is 7.54. The number of nitrogens with zero attached hydrogens (tertiary/aromatic N) is 2. The third kappa shape index (κ3) is 5.26. The van der Waals surface area contributed by atoms with Crippen LogP contribution in [0.25, 0.3) is 0 Å². The summed E-state index contributed by atoms with van der Waals surface area (Å²) < 4.78 is 5.21. The molecule has 0 aliphatic rings. The highest BCUT2D eigenvalue weighted by Crippen LogP contribution is 2.18. The van der Waals surface area contributed by atoms with Gasteiger partial charge in [0.1, 0.15) is 0 Å². The number of rotatable bonds is 7. The van der Waals surface area contributed by atoms with Gasteiger partial charge in [-0.05, 0) is 24.3 Å². The lowest BCUT2D eigenvalue weighted by Crippen LogP contribution is -2.25. The van der Waals surface area contributed by atoms with Gasteiger partial charge in [-0.1, -0.05) is 32.0 Å². The van der Waals surface area contributed by atoms with Crippen LogP contribution in [0.3, 0.4) is 0 Å². The van der Waals surface area contributed by atoms with Gasteiger partial charge >= 0.3 is 0 Å². The molecule has 0 radical (unpaired) electrons. The number of aryl methyl sites for hydroxylation is 1. The van der Waals surface area contributed by atoms with Crippen LogP contribution in [0.5, 0.6) is 0 Å². The largest absolute Gasteiger partial charge is 0.356 e. The third-order valence-electron chi connectivity index (χ3n) is 3.21. The Labute approximate surface area is 135 Å². The summed E-state index contributed by atoms with van der Waals surface area (Å²) >= 11 is 1.72. The first kappa shape index (κ1) is 16.7. The Bertz CT molecular complexity index is 585. The third-order valence-corrected chi connectivity index (χ3v) is 4.14. The van der Waals surface area contributed by atoms with E-state index in [9.17, 15) is 4.79 Å². The van der Waals surface area contributed by atoms with Gasteiger partial charge in [0.2, 0.25) is 11.8 Å². The van der Waals surface area contributed by atoms with Gasteiger partial charge in [-0.2, -0.15) is 4.98 Å². The summed E-state index contributed by atoms with van der Waals surface area (Å²) in [6.07, 6.45) is 2.73. The molecule has 22 heavy (non-hydrogen) atoms. The first-order chi connectivity index (χ1) is 10.4. The van der Waals surface area contributed by atoms with Crippen molar-refractivity contribution < 1.29 is 9.32 Å². The number of hydrogen-bond acceptors (Lipinski definition) is 5. The number of carbonyl (C=O) groups excluding carboxylic acids is 1. The second-order valence-corrected chi connectivity index (χ2v) is 7.33. The van der Waals surface area contributed by atoms with E-state index in [2.05, 4.69) is 21.5 Å². The monoisotopic (exact) mass is 321 g/mol. The smallest absolute Gasteiger partial charge is 0.226 e. The molecular formula is C16H23N3O2S. The van der Waals surface area contributed by atoms with E-state index in [1.54, 1.807) is 11.3 Å². The lowest BCUT2D eigenvalue weighted by atomic mass is 9.96. The lowest BCUT2D eigenvalue weighted by molar-refractivity contribution is -0.121. The average Bonchev–Trinajstić information content (AvgIpc) is 3.09. The Hall–Kier alpha value is -1.69. The maximum atomic E-state index is 11.8. The van der Waals surface area contributed by atoms with Crippen molar-refractivity contribution in [3.8, 4) is 0 Å². The zero-order valence-electron chi connectivity index (χ0n) is 13.4. The van der Waals surface area contributed by atoms with E-state index in [1.165, 1.54) is 4.88 Å². The van der Waals surface area contributed by atoms with Crippen LogP contribution in [0, 0.1) is 0 Å². The summed E-state index contributed by atoms with van der Waals surface area (Å²) in [5, 5.41) is 8.96. The van der Waals surface area contributed by atoms with E-state index in [0.29, 0.717) is 31.1 Å². The molecule has 0 spiro atoms. The van der Waals surface area contributed by atoms with Crippen molar-refractivity contribution in [1.82, 2.24) is 15.5 Å². The molecule has 120 valence electrons. The highest BCUT2D eigenvalue weighted by molar-refractivity contribution is 7.09. The number of amides is 1. The molecule has 2 rings (SSSR count). The molecule has 5 nitrogen and oxygen atoms in total. The van der Waals surface area contributed by atoms with Crippen molar-refractivity contribution in [3.63, 3.8) is 0 Å². The topological polar surface area (TPSA) is 68.0 Å². The van der Waals surface area contributed by atoms with Gasteiger partial charge in [0.15, 0.2) is 5.82 Å². The Kier molecular flexibility index (Phi) is 5.71. The molecule has 0 aliphatic heterocycles. The molecule has 0 saturated carbocycles. The number of nitrogens with one attached hydrogen (secondary N) is 1. The van der Waals surface area contributed by atoms with Crippen LogP contribution in [0.15, 0.2) is 22.0 Å². The molecule has 1 N–H and O–H groups in total. The summed E-state index contributed by atoms with van der Waals surface area (Å²) in [7, 11) is 0. The Morgan fingerprint density at radius 3 is 2.82 bits per heavy atom. The summed E-state index contributed by atoms with van der Waals surface area (Å²) in [5.74, 6) is 1.39. The van der Waals surface area contributed by atoms with E-state index >= 15 is 0 Å². The van der Waals surface area contributed by atoms with E-state index < -0.39 is 0 Å². The fraction of sp³-hybridized carbons (Fsp3) is 0.562. The fourth-order valence-corrected chi connectivity index (χ4v) is 2.64. The van der Waals surface area contributed by atoms with E-state index in [1.807, 2.05) is 32.2 Å². The van der Waals surface area contributed by atoms with Crippen LogP contribution in [0.4, 0.5) is 0 Å². The molecule has 1 amide bonds. The van der Waals surface area contributed by atoms with Crippen LogP contribution < -0.4 is 5.32 Å². The maximum absolute atomic E-state index is 11.8. The van der Waals surface area contributed by atoms with E-state index in [4.69, 9.17) is 4.52 Å². The molecule has 0 aliphatic carbocycles. The average molecular weight is 321 g/mol. The molecule has 2 heterocycles. The molecule has 6 heteroatoms. The molecule has 2 aromatic rings. The van der Waals surface area contributed by atoms with Crippen molar-refractivity contribution in [2.75, 3.05) is 6.54 Å². The summed E-state index contributed by atoms with van der Waals surface area (Å²) in [6.45, 7) is 6.82. The van der Waals surface area contributed by atoms with Crippen LogP contribution in [-0.2, 0) is 23.1 Å². The zero-order valence-corrected chi connectivity index (χ0v) is 14.2. The van der Waals surface area contributed by atoms with Crippen molar-refractivity contribution in [1.29, 1.82) is 0 Å². The first-order valence-electron chi connectivity index (χ1n) is 7.57. The van der Waals surface area contributed by atoms with Gasteiger partial charge in [0, 0.05) is 29.7 Å². The second-order valence-electron chi connectivity index (χ2n) is 6.29. The summed E-state index contributed by atoms with van der Waals surface area (Å²) in [5.41, 5.74) is -0.110. The van der Waals surface area contributed by atoms with E-state index in [0.717, 1.165) is 12.8 Å². The van der Waals surface area contributed by atoms with Gasteiger partial charge in [0.05, 0.1) is 0 Å². The first-order valence-corrected chi connectivity index (χ1v) is 8.45. The maximum Gasteiger partial charge on any atom is 0.226 e. The SMILES string of the molecule is CC(C)(C)c1noc(CCCC(=O)NCCc2cccs2)n1. The predicted molar refractivity (Wildman–Crippen MR) is 87.0 cm³/mol. The van der Waals surface area contributed by atoms with Gasteiger partial charge in [-0.15, -0.1) is 11.3 Å². The Morgan fingerprint density at radius 1 is 1.36 bits per heavy atom. The normalized spacial score (nSPS) is 11.6. The molecule has 0 fully saturated rings. The van der Waals surface area contributed by atoms with E-state index in [-0.39, 0.29) is 11.3 Å². The van der Waals surface area contributed by atoms with Crippen LogP contribution in [0.2, 0.25) is 0 Å². The summed E-state index contributed by atoms with van der Waals surface area (Å²) in [4.78, 5) is 17.4. The molecule has 0 unspecified atom stereocenters. The van der Waals surface area contributed by atoms with Crippen LogP contribution in [0.1, 0.15) is 50.2 Å². The van der Waals surface area contributed by atoms with Crippen molar-refractivity contribution in [2.45, 2.75) is 51.9 Å². The minimum atomic E-state index is -0.110. The van der Waals surface area contributed by atoms with Gasteiger partial charge < -0.3 is 9.84 Å². The van der Waals surface area contributed by atoms with Crippen LogP contribution >= 0.6 is 11.3 Å². The molecule has 0 saturated heterocycles. The molecule has 0 bridgehead atoms. The van der Waals surface area contributed by atoms with Crippen LogP contribution in [-0.4, -0.2) is 22.6 Å². The van der Waals surface area contributed by atoms with Crippen molar-refractivity contribution in [2.24, 2.45) is 0 Å². The minimum absolute atomic E-state index is 0.0760. The number of hydrogen-bond donors (Lipinski definition) is 1. The molecule has 0 aromatic carbocycles. The quantitative estimate of drug-likeness (QED) is 0.851. The van der Waals surface area contributed by atoms with Gasteiger partial charge in [-0.3, -0.25) is 4.79 Å². The Balaban J connectivity index is 1.63. The van der Waals surface area contributed by atoms with Gasteiger partial charge in [-0.25, -0.2) is 0 Å². The van der Waals surface area contributed by atoms with Gasteiger partial charge in [0.25, 0.3) is 0 Å². The highest BCUT2D eigenvalue weighted by Gasteiger charge is 2.20. The summed E-state index contributed by atoms with van der Waals surface area (Å²) in [6, 6.07) is 4.11. The molecule has 2 aromatic heterocycles. The molecule has 0 atom stereocenters. The minimum Gasteiger partial charge on any atom is -0.356 e. The number of carbonyl (C=O) groups is 1. The fourth-order valence-electron chi connectivity index (χ4n) is 1.93. The lowest BCUT2D eigenvalue weighted by Gasteiger charge is -2.10. The number of thiophene rings is 1. The van der Waals surface area contributed by atoms with Crippen molar-refractivity contribution >= 4 is 17.2 Å². The highest BCUT2D eigenvalue weighted by atomic mass is 32.1. The Morgan fingerprint density at radius 2 is 2.18 bits per heavy atom. The molecular weight excluding hydrogens is 298 g/mol. The predicted octanol–water partition coefficient (Wildman–Crippen LogP) is 3.11. The van der Waals surface area contributed by atoms with Crippen molar-refractivity contribution in [3.05, 3.63) is 34.1 Å². The zero-order chi connectivity index (χ0) is 16.0.